The number of ether oxygens (including phenoxy) is 1. The van der Waals surface area contributed by atoms with E-state index in [9.17, 15) is 13.2 Å². The Kier molecular flexibility index (Phi) is 6.29. The second kappa shape index (κ2) is 8.99. The third kappa shape index (κ3) is 4.68. The van der Waals surface area contributed by atoms with E-state index >= 15 is 0 Å². The summed E-state index contributed by atoms with van der Waals surface area (Å²) in [6, 6.07) is 12.5. The monoisotopic (exact) mass is 476 g/mol. The lowest BCUT2D eigenvalue weighted by Crippen LogP contribution is -2.48. The van der Waals surface area contributed by atoms with Crippen molar-refractivity contribution in [3.63, 3.8) is 0 Å². The molecule has 3 aromatic rings. The van der Waals surface area contributed by atoms with Gasteiger partial charge in [-0.3, -0.25) is 10.1 Å². The molecule has 32 heavy (non-hydrogen) atoms. The first-order valence-electron chi connectivity index (χ1n) is 9.89. The minimum Gasteiger partial charge on any atom is -0.403 e. The fraction of sp³-hybridized carbons (Fsp3) is 0.286. The molecule has 1 fully saturated rings. The second-order valence-electron chi connectivity index (χ2n) is 7.45. The first-order chi connectivity index (χ1) is 15.2. The number of anilines is 1. The van der Waals surface area contributed by atoms with Gasteiger partial charge in [-0.05, 0) is 50.2 Å². The highest BCUT2D eigenvalue weighted by Gasteiger charge is 2.32. The van der Waals surface area contributed by atoms with E-state index in [2.05, 4.69) is 15.5 Å². The zero-order chi connectivity index (χ0) is 22.9. The molecule has 2 heterocycles. The van der Waals surface area contributed by atoms with E-state index in [1.807, 2.05) is 13.8 Å². The molecule has 11 heteroatoms. The zero-order valence-electron chi connectivity index (χ0n) is 17.4. The van der Waals surface area contributed by atoms with Crippen LogP contribution in [0.15, 0.2) is 57.8 Å². The summed E-state index contributed by atoms with van der Waals surface area (Å²) in [5, 5.41) is 10.6. The summed E-state index contributed by atoms with van der Waals surface area (Å²) in [6.45, 7) is 4.22. The van der Waals surface area contributed by atoms with Crippen LogP contribution in [0, 0.1) is 0 Å². The molecule has 168 valence electrons. The number of benzene rings is 2. The van der Waals surface area contributed by atoms with Crippen molar-refractivity contribution in [1.29, 1.82) is 0 Å². The molecule has 2 atom stereocenters. The van der Waals surface area contributed by atoms with Crippen LogP contribution >= 0.6 is 11.6 Å². The highest BCUT2D eigenvalue weighted by molar-refractivity contribution is 7.89. The van der Waals surface area contributed by atoms with Crippen LogP contribution in [0.3, 0.4) is 0 Å². The summed E-state index contributed by atoms with van der Waals surface area (Å²) in [4.78, 5) is 12.6. The van der Waals surface area contributed by atoms with Crippen LogP contribution < -0.4 is 5.32 Å². The number of nitrogens with zero attached hydrogens (tertiary/aromatic N) is 3. The molecular formula is C21H21ClN4O5S. The van der Waals surface area contributed by atoms with Crippen molar-refractivity contribution in [1.82, 2.24) is 14.5 Å². The van der Waals surface area contributed by atoms with Crippen molar-refractivity contribution in [2.75, 3.05) is 18.4 Å². The molecule has 1 aliphatic rings. The van der Waals surface area contributed by atoms with Crippen LogP contribution in [-0.4, -0.2) is 54.1 Å². The molecule has 2 aromatic carbocycles. The van der Waals surface area contributed by atoms with Crippen LogP contribution in [0.4, 0.5) is 6.01 Å². The summed E-state index contributed by atoms with van der Waals surface area (Å²) in [7, 11) is -3.69. The molecule has 0 saturated carbocycles. The van der Waals surface area contributed by atoms with Gasteiger partial charge in [-0.1, -0.05) is 28.8 Å². The standard InChI is InChI=1S/C21H21ClN4O5S/c1-13-11-26(12-14(2)30-13)32(28,29)16-9-7-15(8-10-16)19(27)23-21-25-24-20(31-21)17-5-3-4-6-18(17)22/h3-10,13-14H,11-12H2,1-2H3,(H,23,25,27)/t13-,14+. The number of rotatable bonds is 5. The topological polar surface area (TPSA) is 115 Å². The Labute approximate surface area is 190 Å². The van der Waals surface area contributed by atoms with Crippen LogP contribution in [-0.2, 0) is 14.8 Å². The Morgan fingerprint density at radius 1 is 1.06 bits per heavy atom. The fourth-order valence-electron chi connectivity index (χ4n) is 3.44. The van der Waals surface area contributed by atoms with Crippen LogP contribution in [0.5, 0.6) is 0 Å². The van der Waals surface area contributed by atoms with Crippen LogP contribution in [0.2, 0.25) is 5.02 Å². The molecule has 1 aromatic heterocycles. The van der Waals surface area contributed by atoms with Gasteiger partial charge in [-0.15, -0.1) is 5.10 Å². The number of amides is 1. The van der Waals surface area contributed by atoms with Crippen molar-refractivity contribution in [2.24, 2.45) is 0 Å². The highest BCUT2D eigenvalue weighted by atomic mass is 35.5. The maximum Gasteiger partial charge on any atom is 0.322 e. The fourth-order valence-corrected chi connectivity index (χ4v) is 5.25. The number of carbonyl (C=O) groups excluding carboxylic acids is 1. The molecule has 4 rings (SSSR count). The van der Waals surface area contributed by atoms with Gasteiger partial charge in [0.05, 0.1) is 27.7 Å². The van der Waals surface area contributed by atoms with E-state index in [0.29, 0.717) is 10.6 Å². The molecule has 0 bridgehead atoms. The zero-order valence-corrected chi connectivity index (χ0v) is 18.9. The second-order valence-corrected chi connectivity index (χ2v) is 9.80. The van der Waals surface area contributed by atoms with E-state index in [1.165, 1.54) is 28.6 Å². The molecule has 1 N–H and O–H groups in total. The molecule has 0 unspecified atom stereocenters. The number of carbonyl (C=O) groups is 1. The summed E-state index contributed by atoms with van der Waals surface area (Å²) in [5.74, 6) is -0.349. The number of aromatic nitrogens is 2. The maximum absolute atomic E-state index is 12.9. The Hall–Kier alpha value is -2.79. The van der Waals surface area contributed by atoms with E-state index in [1.54, 1.807) is 24.3 Å². The number of hydrogen-bond donors (Lipinski definition) is 1. The number of sulfonamides is 1. The normalized spacial score (nSPS) is 19.6. The number of halogens is 1. The number of morpholine rings is 1. The lowest BCUT2D eigenvalue weighted by Gasteiger charge is -2.34. The average molecular weight is 477 g/mol. The largest absolute Gasteiger partial charge is 0.403 e. The van der Waals surface area contributed by atoms with E-state index < -0.39 is 15.9 Å². The third-order valence-electron chi connectivity index (χ3n) is 4.89. The summed E-state index contributed by atoms with van der Waals surface area (Å²) >= 11 is 6.12. The Bertz CT molecular complexity index is 1220. The van der Waals surface area contributed by atoms with Gasteiger partial charge in [0, 0.05) is 18.7 Å². The van der Waals surface area contributed by atoms with E-state index in [-0.39, 0.29) is 47.7 Å². The minimum absolute atomic E-state index is 0.0992. The van der Waals surface area contributed by atoms with Gasteiger partial charge in [0.1, 0.15) is 0 Å². The van der Waals surface area contributed by atoms with Crippen molar-refractivity contribution in [3.8, 4) is 11.5 Å². The van der Waals surface area contributed by atoms with Gasteiger partial charge >= 0.3 is 6.01 Å². The van der Waals surface area contributed by atoms with Crippen LogP contribution in [0.1, 0.15) is 24.2 Å². The van der Waals surface area contributed by atoms with E-state index in [4.69, 9.17) is 20.8 Å². The highest BCUT2D eigenvalue weighted by Crippen LogP contribution is 2.27. The molecule has 1 saturated heterocycles. The Morgan fingerprint density at radius 2 is 1.72 bits per heavy atom. The third-order valence-corrected chi connectivity index (χ3v) is 7.07. The smallest absolute Gasteiger partial charge is 0.322 e. The maximum atomic E-state index is 12.9. The van der Waals surface area contributed by atoms with Crippen molar-refractivity contribution >= 4 is 33.5 Å². The van der Waals surface area contributed by atoms with Crippen molar-refractivity contribution < 1.29 is 22.4 Å². The molecular weight excluding hydrogens is 456 g/mol. The molecule has 0 radical (unpaired) electrons. The molecule has 1 amide bonds. The average Bonchev–Trinajstić information content (AvgIpc) is 3.21. The summed E-state index contributed by atoms with van der Waals surface area (Å²) < 4.78 is 38.4. The quantitative estimate of drug-likeness (QED) is 0.599. The molecule has 0 aliphatic carbocycles. The summed E-state index contributed by atoms with van der Waals surface area (Å²) in [6.07, 6.45) is -0.382. The van der Waals surface area contributed by atoms with Crippen LogP contribution in [0.25, 0.3) is 11.5 Å². The lowest BCUT2D eigenvalue weighted by molar-refractivity contribution is -0.0440. The minimum atomic E-state index is -3.69. The summed E-state index contributed by atoms with van der Waals surface area (Å²) in [5.41, 5.74) is 0.786. The Morgan fingerprint density at radius 3 is 2.38 bits per heavy atom. The molecule has 1 aliphatic heterocycles. The first kappa shape index (κ1) is 22.4. The van der Waals surface area contributed by atoms with Gasteiger partial charge in [-0.25, -0.2) is 8.42 Å². The van der Waals surface area contributed by atoms with Crippen molar-refractivity contribution in [3.05, 3.63) is 59.1 Å². The van der Waals surface area contributed by atoms with E-state index in [0.717, 1.165) is 0 Å². The first-order valence-corrected chi connectivity index (χ1v) is 11.7. The molecule has 0 spiro atoms. The SMILES string of the molecule is C[C@@H]1CN(S(=O)(=O)c2ccc(C(=O)Nc3nnc(-c4ccccc4Cl)o3)cc2)C[C@H](C)O1. The predicted octanol–water partition coefficient (Wildman–Crippen LogP) is 3.44. The van der Waals surface area contributed by atoms with Gasteiger partial charge < -0.3 is 9.15 Å². The van der Waals surface area contributed by atoms with Gasteiger partial charge in [-0.2, -0.15) is 4.31 Å². The number of hydrogen-bond acceptors (Lipinski definition) is 7. The Balaban J connectivity index is 1.46. The van der Waals surface area contributed by atoms with Gasteiger partial charge in [0.15, 0.2) is 0 Å². The van der Waals surface area contributed by atoms with Gasteiger partial charge in [0.25, 0.3) is 11.8 Å². The van der Waals surface area contributed by atoms with Crippen molar-refractivity contribution in [2.45, 2.75) is 31.0 Å². The number of nitrogens with one attached hydrogen (secondary N) is 1. The van der Waals surface area contributed by atoms with Gasteiger partial charge in [0.2, 0.25) is 10.0 Å². The molecule has 9 nitrogen and oxygen atoms in total. The lowest BCUT2D eigenvalue weighted by atomic mass is 10.2. The predicted molar refractivity (Wildman–Crippen MR) is 118 cm³/mol.